The van der Waals surface area contributed by atoms with E-state index in [0.29, 0.717) is 17.7 Å². The van der Waals surface area contributed by atoms with Crippen LogP contribution in [-0.2, 0) is 0 Å². The highest BCUT2D eigenvalue weighted by Gasteiger charge is 2.22. The van der Waals surface area contributed by atoms with Gasteiger partial charge >= 0.3 is 0 Å². The minimum Gasteiger partial charge on any atom is -0.508 e. The third kappa shape index (κ3) is 7.00. The second kappa shape index (κ2) is 13.1. The molecule has 0 unspecified atom stereocenters. The highest BCUT2D eigenvalue weighted by molar-refractivity contribution is 7.22. The number of carbonyl (C=O) groups excluding carboxylic acids is 1. The largest absolute Gasteiger partial charge is 0.508 e. The van der Waals surface area contributed by atoms with Crippen LogP contribution in [0.15, 0.2) is 66.7 Å². The molecule has 1 aliphatic carbocycles. The number of benzene rings is 3. The van der Waals surface area contributed by atoms with Gasteiger partial charge in [-0.25, -0.2) is 0 Å². The summed E-state index contributed by atoms with van der Waals surface area (Å²) in [7, 11) is 0. The maximum absolute atomic E-state index is 13.5. The number of hydrogen-bond acceptors (Lipinski definition) is 6. The van der Waals surface area contributed by atoms with E-state index in [1.165, 1.54) is 74.8 Å². The van der Waals surface area contributed by atoms with Crippen LogP contribution in [0.5, 0.6) is 17.2 Å². The summed E-state index contributed by atoms with van der Waals surface area (Å²) in [6.45, 7) is 3.90. The molecule has 2 fully saturated rings. The summed E-state index contributed by atoms with van der Waals surface area (Å²) < 4.78 is 6.78. The zero-order valence-corrected chi connectivity index (χ0v) is 23.2. The number of thiophene rings is 1. The second-order valence-corrected chi connectivity index (χ2v) is 11.5. The molecule has 5 nitrogen and oxygen atoms in total. The van der Waals surface area contributed by atoms with Crippen molar-refractivity contribution in [1.82, 2.24) is 4.90 Å². The lowest BCUT2D eigenvalue weighted by Crippen LogP contribution is -2.25. The Balaban J connectivity index is 0.000000455. The van der Waals surface area contributed by atoms with Crippen LogP contribution in [0, 0.1) is 0 Å². The Kier molecular flexibility index (Phi) is 9.17. The van der Waals surface area contributed by atoms with Crippen molar-refractivity contribution in [3.63, 3.8) is 0 Å². The number of phenolic OH excluding ortho intramolecular Hbond substituents is 2. The standard InChI is InChI=1S/C27H25NO4S.C6H12/c29-20-7-3-18(4-8-20)26(31)25-23-12-9-21(30)17-24(23)33-27(25)19-5-10-22(11-6-19)32-16-15-28-13-1-2-14-28;1-2-4-6-5-3-1/h3-12,17,29-30H,1-2,13-16H2;1-6H2. The van der Waals surface area contributed by atoms with Gasteiger partial charge in [0.25, 0.3) is 0 Å². The second-order valence-electron chi connectivity index (χ2n) is 10.4. The molecule has 6 heteroatoms. The van der Waals surface area contributed by atoms with Gasteiger partial charge in [-0.3, -0.25) is 9.69 Å². The minimum atomic E-state index is -0.118. The number of phenols is 2. The lowest BCUT2D eigenvalue weighted by atomic mass is 9.97. The average Bonchev–Trinajstić information content (AvgIpc) is 3.62. The zero-order chi connectivity index (χ0) is 27.0. The van der Waals surface area contributed by atoms with Gasteiger partial charge in [-0.15, -0.1) is 11.3 Å². The van der Waals surface area contributed by atoms with Gasteiger partial charge in [-0.2, -0.15) is 0 Å². The van der Waals surface area contributed by atoms with Crippen molar-refractivity contribution in [3.05, 3.63) is 77.9 Å². The molecular formula is C33H37NO4S. The van der Waals surface area contributed by atoms with Crippen LogP contribution < -0.4 is 4.74 Å². The van der Waals surface area contributed by atoms with Crippen LogP contribution in [0.1, 0.15) is 67.3 Å². The number of carbonyl (C=O) groups is 1. The van der Waals surface area contributed by atoms with Crippen molar-refractivity contribution in [2.24, 2.45) is 0 Å². The molecule has 2 aliphatic rings. The van der Waals surface area contributed by atoms with Gasteiger partial charge in [0, 0.05) is 32.6 Å². The number of aromatic hydroxyl groups is 2. The van der Waals surface area contributed by atoms with Crippen LogP contribution in [0.3, 0.4) is 0 Å². The predicted octanol–water partition coefficient (Wildman–Crippen LogP) is 8.03. The highest BCUT2D eigenvalue weighted by Crippen LogP contribution is 2.41. The Bertz CT molecular complexity index is 1360. The van der Waals surface area contributed by atoms with Gasteiger partial charge in [-0.05, 0) is 98.2 Å². The SMILES string of the molecule is C1CCCCC1.O=C(c1ccc(O)cc1)c1c(-c2ccc(OCCN3CCCC3)cc2)sc2cc(O)ccc12. The van der Waals surface area contributed by atoms with Crippen LogP contribution in [-0.4, -0.2) is 47.1 Å². The van der Waals surface area contributed by atoms with Crippen molar-refractivity contribution >= 4 is 27.2 Å². The fourth-order valence-electron chi connectivity index (χ4n) is 5.33. The molecule has 0 radical (unpaired) electrons. The number of likely N-dealkylation sites (tertiary alicyclic amines) is 1. The Morgan fingerprint density at radius 2 is 1.38 bits per heavy atom. The number of fused-ring (bicyclic) bond motifs is 1. The summed E-state index contributed by atoms with van der Waals surface area (Å²) in [6, 6.07) is 19.2. The molecule has 39 heavy (non-hydrogen) atoms. The summed E-state index contributed by atoms with van der Waals surface area (Å²) in [5.41, 5.74) is 2.02. The summed E-state index contributed by atoms with van der Waals surface area (Å²) in [5.74, 6) is 0.976. The first-order chi connectivity index (χ1) is 19.1. The summed E-state index contributed by atoms with van der Waals surface area (Å²) in [6.07, 6.45) is 11.5. The number of rotatable bonds is 7. The lowest BCUT2D eigenvalue weighted by Gasteiger charge is -2.15. The third-order valence-electron chi connectivity index (χ3n) is 7.52. The summed E-state index contributed by atoms with van der Waals surface area (Å²) in [4.78, 5) is 16.7. The fraction of sp³-hybridized carbons (Fsp3) is 0.364. The number of ketones is 1. The summed E-state index contributed by atoms with van der Waals surface area (Å²) in [5, 5.41) is 20.4. The Morgan fingerprint density at radius 1 is 0.769 bits per heavy atom. The van der Waals surface area contributed by atoms with Crippen molar-refractivity contribution < 1.29 is 19.7 Å². The Morgan fingerprint density at radius 3 is 2.03 bits per heavy atom. The predicted molar refractivity (Wildman–Crippen MR) is 159 cm³/mol. The van der Waals surface area contributed by atoms with Crippen LogP contribution in [0.25, 0.3) is 20.5 Å². The molecule has 3 aromatic carbocycles. The average molecular weight is 544 g/mol. The van der Waals surface area contributed by atoms with E-state index in [0.717, 1.165) is 45.9 Å². The van der Waals surface area contributed by atoms with E-state index in [2.05, 4.69) is 4.90 Å². The molecule has 1 saturated carbocycles. The smallest absolute Gasteiger partial charge is 0.195 e. The van der Waals surface area contributed by atoms with Crippen molar-refractivity contribution in [2.45, 2.75) is 51.4 Å². The van der Waals surface area contributed by atoms with Gasteiger partial charge in [0.05, 0.1) is 0 Å². The van der Waals surface area contributed by atoms with E-state index in [9.17, 15) is 15.0 Å². The quantitative estimate of drug-likeness (QED) is 0.231. The first kappa shape index (κ1) is 27.2. The maximum Gasteiger partial charge on any atom is 0.195 e. The van der Waals surface area contributed by atoms with Crippen LogP contribution >= 0.6 is 11.3 Å². The van der Waals surface area contributed by atoms with Crippen molar-refractivity contribution in [1.29, 1.82) is 0 Å². The number of ether oxygens (including phenoxy) is 1. The molecule has 1 aromatic heterocycles. The molecule has 204 valence electrons. The fourth-order valence-corrected chi connectivity index (χ4v) is 6.57. The molecule has 1 aliphatic heterocycles. The molecule has 0 spiro atoms. The monoisotopic (exact) mass is 543 g/mol. The van der Waals surface area contributed by atoms with E-state index < -0.39 is 0 Å². The maximum atomic E-state index is 13.5. The zero-order valence-electron chi connectivity index (χ0n) is 22.4. The van der Waals surface area contributed by atoms with E-state index in [1.54, 1.807) is 30.3 Å². The molecule has 4 aromatic rings. The Hall–Kier alpha value is -3.35. The summed E-state index contributed by atoms with van der Waals surface area (Å²) >= 11 is 1.48. The third-order valence-corrected chi connectivity index (χ3v) is 8.72. The van der Waals surface area contributed by atoms with Gasteiger partial charge in [0.1, 0.15) is 23.9 Å². The van der Waals surface area contributed by atoms with E-state index in [-0.39, 0.29) is 17.3 Å². The van der Waals surface area contributed by atoms with Gasteiger partial charge in [0.15, 0.2) is 5.78 Å². The first-order valence-corrected chi connectivity index (χ1v) is 14.9. The van der Waals surface area contributed by atoms with Gasteiger partial charge in [-0.1, -0.05) is 38.5 Å². The normalized spacial score (nSPS) is 15.6. The molecule has 1 saturated heterocycles. The molecular weight excluding hydrogens is 506 g/mol. The van der Waals surface area contributed by atoms with Gasteiger partial charge < -0.3 is 14.9 Å². The molecule has 2 heterocycles. The first-order valence-electron chi connectivity index (χ1n) is 14.1. The minimum absolute atomic E-state index is 0.118. The number of hydrogen-bond donors (Lipinski definition) is 2. The van der Waals surface area contributed by atoms with E-state index >= 15 is 0 Å². The lowest BCUT2D eigenvalue weighted by molar-refractivity contribution is 0.104. The highest BCUT2D eigenvalue weighted by atomic mass is 32.1. The molecule has 0 atom stereocenters. The molecule has 0 amide bonds. The number of nitrogens with zero attached hydrogens (tertiary/aromatic N) is 1. The Labute approximate surface area is 234 Å². The van der Waals surface area contributed by atoms with Crippen LogP contribution in [0.4, 0.5) is 0 Å². The molecule has 6 rings (SSSR count). The topological polar surface area (TPSA) is 70.0 Å². The molecule has 0 bridgehead atoms. The van der Waals surface area contributed by atoms with E-state index in [4.69, 9.17) is 4.74 Å². The van der Waals surface area contributed by atoms with E-state index in [1.807, 2.05) is 24.3 Å². The molecule has 2 N–H and O–H groups in total. The van der Waals surface area contributed by atoms with Crippen molar-refractivity contribution in [3.8, 4) is 27.7 Å². The van der Waals surface area contributed by atoms with Crippen molar-refractivity contribution in [2.75, 3.05) is 26.2 Å². The van der Waals surface area contributed by atoms with Gasteiger partial charge in [0.2, 0.25) is 0 Å². The van der Waals surface area contributed by atoms with Crippen LogP contribution in [0.2, 0.25) is 0 Å².